The molecule has 0 aromatic heterocycles. The Kier molecular flexibility index (Phi) is 4.28. The van der Waals surface area contributed by atoms with Crippen molar-refractivity contribution in [1.82, 2.24) is 0 Å². The zero-order chi connectivity index (χ0) is 15.5. The molecule has 0 fully saturated rings. The zero-order valence-corrected chi connectivity index (χ0v) is 11.2. The van der Waals surface area contributed by atoms with E-state index in [-0.39, 0.29) is 5.56 Å². The second-order valence-electron chi connectivity index (χ2n) is 4.89. The van der Waals surface area contributed by atoms with Gasteiger partial charge in [0.1, 0.15) is 11.3 Å². The number of amides is 1. The summed E-state index contributed by atoms with van der Waals surface area (Å²) in [5.41, 5.74) is -2.11. The SMILES string of the molecule is CC(C)(C)OC(=O)Nc1c(C(=O)O)cccc1[N+](=O)[O-]. The summed E-state index contributed by atoms with van der Waals surface area (Å²) in [6, 6.07) is 3.48. The first-order valence-electron chi connectivity index (χ1n) is 5.62. The molecule has 0 aliphatic rings. The van der Waals surface area contributed by atoms with Crippen LogP contribution in [0.15, 0.2) is 18.2 Å². The van der Waals surface area contributed by atoms with Crippen molar-refractivity contribution in [3.8, 4) is 0 Å². The van der Waals surface area contributed by atoms with E-state index >= 15 is 0 Å². The zero-order valence-electron chi connectivity index (χ0n) is 11.2. The molecule has 0 bridgehead atoms. The quantitative estimate of drug-likeness (QED) is 0.649. The number of ether oxygens (including phenoxy) is 1. The number of para-hydroxylation sites is 1. The number of hydrogen-bond acceptors (Lipinski definition) is 5. The Morgan fingerprint density at radius 1 is 1.35 bits per heavy atom. The number of carbonyl (C=O) groups is 2. The van der Waals surface area contributed by atoms with Crippen molar-refractivity contribution in [3.05, 3.63) is 33.9 Å². The number of nitro benzene ring substituents is 1. The minimum Gasteiger partial charge on any atom is -0.478 e. The number of hydrogen-bond donors (Lipinski definition) is 2. The van der Waals surface area contributed by atoms with Crippen LogP contribution in [0.2, 0.25) is 0 Å². The summed E-state index contributed by atoms with van der Waals surface area (Å²) < 4.78 is 4.95. The molecule has 0 heterocycles. The molecule has 0 saturated heterocycles. The average molecular weight is 282 g/mol. The molecule has 0 aliphatic carbocycles. The van der Waals surface area contributed by atoms with Gasteiger partial charge >= 0.3 is 12.1 Å². The topological polar surface area (TPSA) is 119 Å². The Balaban J connectivity index is 3.18. The summed E-state index contributed by atoms with van der Waals surface area (Å²) in [5.74, 6) is -1.39. The van der Waals surface area contributed by atoms with Gasteiger partial charge in [-0.2, -0.15) is 0 Å². The van der Waals surface area contributed by atoms with Crippen LogP contribution in [0, 0.1) is 10.1 Å². The van der Waals surface area contributed by atoms with E-state index in [9.17, 15) is 19.7 Å². The Bertz CT molecular complexity index is 529. The molecule has 0 unspecified atom stereocenters. The van der Waals surface area contributed by atoms with Crippen LogP contribution in [-0.2, 0) is 4.74 Å². The minimum absolute atomic E-state index is 0.384. The molecule has 0 aliphatic heterocycles. The molecule has 2 N–H and O–H groups in total. The second kappa shape index (κ2) is 5.55. The Morgan fingerprint density at radius 3 is 2.40 bits per heavy atom. The second-order valence-corrected chi connectivity index (χ2v) is 4.89. The summed E-state index contributed by atoms with van der Waals surface area (Å²) in [5, 5.41) is 22.0. The van der Waals surface area contributed by atoms with Crippen LogP contribution >= 0.6 is 0 Å². The van der Waals surface area contributed by atoms with Crippen molar-refractivity contribution in [2.75, 3.05) is 5.32 Å². The third kappa shape index (κ3) is 3.94. The van der Waals surface area contributed by atoms with Crippen molar-refractivity contribution in [3.63, 3.8) is 0 Å². The largest absolute Gasteiger partial charge is 0.478 e. The summed E-state index contributed by atoms with van der Waals surface area (Å²) >= 11 is 0. The van der Waals surface area contributed by atoms with E-state index in [0.29, 0.717) is 0 Å². The normalized spacial score (nSPS) is 10.8. The molecular weight excluding hydrogens is 268 g/mol. The van der Waals surface area contributed by atoms with Crippen LogP contribution in [0.1, 0.15) is 31.1 Å². The van der Waals surface area contributed by atoms with Gasteiger partial charge in [-0.3, -0.25) is 15.4 Å². The molecule has 108 valence electrons. The maximum absolute atomic E-state index is 11.6. The molecular formula is C12H14N2O6. The highest BCUT2D eigenvalue weighted by molar-refractivity contribution is 6.01. The number of aromatic carboxylic acids is 1. The molecule has 0 saturated carbocycles. The van der Waals surface area contributed by atoms with E-state index in [1.807, 2.05) is 0 Å². The third-order valence-corrected chi connectivity index (χ3v) is 2.10. The first-order valence-corrected chi connectivity index (χ1v) is 5.62. The average Bonchev–Trinajstić information content (AvgIpc) is 2.25. The lowest BCUT2D eigenvalue weighted by atomic mass is 10.1. The van der Waals surface area contributed by atoms with Crippen LogP contribution in [0.25, 0.3) is 0 Å². The molecule has 0 spiro atoms. The van der Waals surface area contributed by atoms with Gasteiger partial charge in [-0.05, 0) is 26.8 Å². The van der Waals surface area contributed by atoms with Gasteiger partial charge in [0.15, 0.2) is 0 Å². The van der Waals surface area contributed by atoms with Gasteiger partial charge in [0.2, 0.25) is 0 Å². The Labute approximate surface area is 114 Å². The van der Waals surface area contributed by atoms with Crippen molar-refractivity contribution >= 4 is 23.4 Å². The minimum atomic E-state index is -1.39. The number of carboxylic acids is 1. The van der Waals surface area contributed by atoms with Gasteiger partial charge in [-0.15, -0.1) is 0 Å². The van der Waals surface area contributed by atoms with E-state index in [4.69, 9.17) is 9.84 Å². The van der Waals surface area contributed by atoms with Crippen molar-refractivity contribution in [1.29, 1.82) is 0 Å². The predicted octanol–water partition coefficient (Wildman–Crippen LogP) is 2.64. The molecule has 20 heavy (non-hydrogen) atoms. The fraction of sp³-hybridized carbons (Fsp3) is 0.333. The number of anilines is 1. The van der Waals surface area contributed by atoms with E-state index in [1.165, 1.54) is 6.07 Å². The van der Waals surface area contributed by atoms with Gasteiger partial charge in [-0.25, -0.2) is 9.59 Å². The third-order valence-electron chi connectivity index (χ3n) is 2.10. The molecule has 8 heteroatoms. The lowest BCUT2D eigenvalue weighted by molar-refractivity contribution is -0.384. The Hall–Kier alpha value is -2.64. The number of rotatable bonds is 3. The number of carbonyl (C=O) groups excluding carboxylic acids is 1. The summed E-state index contributed by atoms with van der Waals surface area (Å²) in [6.45, 7) is 4.85. The summed E-state index contributed by atoms with van der Waals surface area (Å²) in [7, 11) is 0. The van der Waals surface area contributed by atoms with Gasteiger partial charge in [0, 0.05) is 6.07 Å². The fourth-order valence-electron chi connectivity index (χ4n) is 1.41. The van der Waals surface area contributed by atoms with Crippen LogP contribution < -0.4 is 5.32 Å². The highest BCUT2D eigenvalue weighted by Gasteiger charge is 2.25. The van der Waals surface area contributed by atoms with E-state index < -0.39 is 34.0 Å². The molecule has 0 radical (unpaired) electrons. The van der Waals surface area contributed by atoms with Crippen LogP contribution in [0.5, 0.6) is 0 Å². The number of nitrogens with one attached hydrogen (secondary N) is 1. The lowest BCUT2D eigenvalue weighted by Gasteiger charge is -2.20. The number of carboxylic acid groups (broad SMARTS) is 1. The summed E-state index contributed by atoms with van der Waals surface area (Å²) in [4.78, 5) is 32.8. The van der Waals surface area contributed by atoms with Crippen molar-refractivity contribution in [2.24, 2.45) is 0 Å². The molecule has 1 aromatic rings. The van der Waals surface area contributed by atoms with Crippen LogP contribution in [0.3, 0.4) is 0 Å². The smallest absolute Gasteiger partial charge is 0.412 e. The predicted molar refractivity (Wildman–Crippen MR) is 69.9 cm³/mol. The maximum Gasteiger partial charge on any atom is 0.412 e. The highest BCUT2D eigenvalue weighted by Crippen LogP contribution is 2.28. The summed E-state index contributed by atoms with van der Waals surface area (Å²) in [6.07, 6.45) is -0.964. The van der Waals surface area contributed by atoms with Crippen LogP contribution in [-0.4, -0.2) is 27.7 Å². The first kappa shape index (κ1) is 15.4. The van der Waals surface area contributed by atoms with E-state index in [1.54, 1.807) is 20.8 Å². The number of nitrogens with zero attached hydrogens (tertiary/aromatic N) is 1. The Morgan fingerprint density at radius 2 is 1.95 bits per heavy atom. The van der Waals surface area contributed by atoms with Crippen LogP contribution in [0.4, 0.5) is 16.2 Å². The van der Waals surface area contributed by atoms with Gasteiger partial charge < -0.3 is 9.84 Å². The lowest BCUT2D eigenvalue weighted by Crippen LogP contribution is -2.28. The molecule has 0 atom stereocenters. The van der Waals surface area contributed by atoms with E-state index in [2.05, 4.69) is 5.32 Å². The van der Waals surface area contributed by atoms with E-state index in [0.717, 1.165) is 12.1 Å². The molecule has 1 amide bonds. The van der Waals surface area contributed by atoms with Gasteiger partial charge in [0.25, 0.3) is 5.69 Å². The van der Waals surface area contributed by atoms with Gasteiger partial charge in [0.05, 0.1) is 10.5 Å². The standard InChI is InChI=1S/C12H14N2O6/c1-12(2,3)20-11(17)13-9-7(10(15)16)5-4-6-8(9)14(18)19/h4-6H,1-3H3,(H,13,17)(H,15,16). The monoisotopic (exact) mass is 282 g/mol. The molecule has 8 nitrogen and oxygen atoms in total. The highest BCUT2D eigenvalue weighted by atomic mass is 16.6. The number of nitro groups is 1. The van der Waals surface area contributed by atoms with Gasteiger partial charge in [-0.1, -0.05) is 6.07 Å². The molecule has 1 rings (SSSR count). The maximum atomic E-state index is 11.6. The number of benzene rings is 1. The molecule has 1 aromatic carbocycles. The first-order chi connectivity index (χ1) is 9.11. The fourth-order valence-corrected chi connectivity index (χ4v) is 1.41. The van der Waals surface area contributed by atoms with Crippen molar-refractivity contribution < 1.29 is 24.4 Å². The van der Waals surface area contributed by atoms with Crippen molar-refractivity contribution in [2.45, 2.75) is 26.4 Å².